The summed E-state index contributed by atoms with van der Waals surface area (Å²) in [7, 11) is -3.72. The van der Waals surface area contributed by atoms with Gasteiger partial charge in [0.25, 0.3) is 15.9 Å². The van der Waals surface area contributed by atoms with E-state index in [-0.39, 0.29) is 16.9 Å². The molecule has 0 aliphatic carbocycles. The molecule has 0 aliphatic rings. The van der Waals surface area contributed by atoms with Crippen LogP contribution in [0.3, 0.4) is 0 Å². The van der Waals surface area contributed by atoms with Crippen LogP contribution in [0, 0.1) is 13.8 Å². The number of rotatable bonds is 9. The zero-order valence-corrected chi connectivity index (χ0v) is 17.6. The van der Waals surface area contributed by atoms with Crippen LogP contribution < -0.4 is 10.0 Å². The number of hydrogen-bond donors (Lipinski definition) is 2. The van der Waals surface area contributed by atoms with Crippen molar-refractivity contribution in [3.05, 3.63) is 59.2 Å². The molecule has 0 bridgehead atoms. The zero-order chi connectivity index (χ0) is 20.7. The molecule has 0 saturated heterocycles. The number of hydrogen-bond acceptors (Lipinski definition) is 4. The van der Waals surface area contributed by atoms with Gasteiger partial charge in [-0.3, -0.25) is 9.52 Å². The van der Waals surface area contributed by atoms with Gasteiger partial charge >= 0.3 is 0 Å². The molecule has 0 aliphatic heterocycles. The van der Waals surface area contributed by atoms with Gasteiger partial charge in [0.1, 0.15) is 0 Å². The minimum absolute atomic E-state index is 0.104. The molecule has 0 heterocycles. The van der Waals surface area contributed by atoms with Crippen LogP contribution in [0.15, 0.2) is 47.4 Å². The van der Waals surface area contributed by atoms with Gasteiger partial charge in [-0.2, -0.15) is 0 Å². The molecule has 0 radical (unpaired) electrons. The number of amides is 1. The van der Waals surface area contributed by atoms with E-state index in [9.17, 15) is 13.2 Å². The number of carbonyl (C=O) groups is 1. The highest BCUT2D eigenvalue weighted by Crippen LogP contribution is 2.19. The quantitative estimate of drug-likeness (QED) is 0.625. The summed E-state index contributed by atoms with van der Waals surface area (Å²) >= 11 is 0. The molecule has 2 aromatic rings. The van der Waals surface area contributed by atoms with Crippen molar-refractivity contribution in [1.29, 1.82) is 0 Å². The number of benzene rings is 2. The zero-order valence-electron chi connectivity index (χ0n) is 16.8. The van der Waals surface area contributed by atoms with Crippen molar-refractivity contribution >= 4 is 21.6 Å². The second-order valence-electron chi connectivity index (χ2n) is 6.96. The average molecular weight is 405 g/mol. The van der Waals surface area contributed by atoms with E-state index in [4.69, 9.17) is 4.74 Å². The highest BCUT2D eigenvalue weighted by atomic mass is 32.2. The van der Waals surface area contributed by atoms with Gasteiger partial charge in [0.2, 0.25) is 0 Å². The summed E-state index contributed by atoms with van der Waals surface area (Å²) in [5, 5.41) is 2.80. The molecule has 0 saturated carbocycles. The third-order valence-corrected chi connectivity index (χ3v) is 5.64. The summed E-state index contributed by atoms with van der Waals surface area (Å²) in [4.78, 5) is 12.3. The Morgan fingerprint density at radius 3 is 2.32 bits per heavy atom. The molecule has 7 heteroatoms. The Hall–Kier alpha value is -2.38. The van der Waals surface area contributed by atoms with E-state index < -0.39 is 10.0 Å². The molecule has 2 rings (SSSR count). The fourth-order valence-electron chi connectivity index (χ4n) is 2.50. The predicted molar refractivity (Wildman–Crippen MR) is 111 cm³/mol. The Morgan fingerprint density at radius 2 is 1.71 bits per heavy atom. The van der Waals surface area contributed by atoms with Crippen molar-refractivity contribution in [3.8, 4) is 0 Å². The lowest BCUT2D eigenvalue weighted by Crippen LogP contribution is -2.25. The largest absolute Gasteiger partial charge is 0.379 e. The van der Waals surface area contributed by atoms with Crippen LogP contribution >= 0.6 is 0 Å². The van der Waals surface area contributed by atoms with Crippen molar-refractivity contribution < 1.29 is 17.9 Å². The first-order valence-corrected chi connectivity index (χ1v) is 10.8. The predicted octanol–water partition coefficient (Wildman–Crippen LogP) is 3.65. The van der Waals surface area contributed by atoms with Gasteiger partial charge < -0.3 is 10.1 Å². The van der Waals surface area contributed by atoms with Crippen molar-refractivity contribution in [1.82, 2.24) is 5.32 Å². The first kappa shape index (κ1) is 21.9. The summed E-state index contributed by atoms with van der Waals surface area (Å²) in [6.07, 6.45) is 0.888. The van der Waals surface area contributed by atoms with Crippen molar-refractivity contribution in [2.45, 2.75) is 45.1 Å². The minimum Gasteiger partial charge on any atom is -0.379 e. The first-order valence-electron chi connectivity index (χ1n) is 9.29. The summed E-state index contributed by atoms with van der Waals surface area (Å²) in [6, 6.07) is 11.3. The number of sulfonamides is 1. The van der Waals surface area contributed by atoms with Crippen LogP contribution in [0.2, 0.25) is 0 Å². The number of ether oxygens (including phenoxy) is 1. The third kappa shape index (κ3) is 6.35. The highest BCUT2D eigenvalue weighted by Gasteiger charge is 2.15. The Kier molecular flexibility index (Phi) is 7.60. The molecule has 1 amide bonds. The molecule has 0 atom stereocenters. The smallest absolute Gasteiger partial charge is 0.261 e. The molecule has 152 valence electrons. The Labute approximate surface area is 167 Å². The van der Waals surface area contributed by atoms with Gasteiger partial charge in [0.05, 0.1) is 11.0 Å². The van der Waals surface area contributed by atoms with E-state index in [0.29, 0.717) is 24.4 Å². The summed E-state index contributed by atoms with van der Waals surface area (Å²) in [6.45, 7) is 8.90. The highest BCUT2D eigenvalue weighted by molar-refractivity contribution is 7.92. The SMILES string of the molecule is Cc1ccc(NS(=O)(=O)c2ccc(C(=O)NCCCOC(C)C)cc2)cc1C. The lowest BCUT2D eigenvalue weighted by Gasteiger charge is -2.11. The Bertz CT molecular complexity index is 907. The number of nitrogens with one attached hydrogen (secondary N) is 2. The van der Waals surface area contributed by atoms with Crippen LogP contribution in [-0.4, -0.2) is 33.6 Å². The second-order valence-corrected chi connectivity index (χ2v) is 8.64. The van der Waals surface area contributed by atoms with Gasteiger partial charge in [-0.1, -0.05) is 6.07 Å². The van der Waals surface area contributed by atoms with Crippen molar-refractivity contribution in [3.63, 3.8) is 0 Å². The lowest BCUT2D eigenvalue weighted by molar-refractivity contribution is 0.0757. The Balaban J connectivity index is 1.96. The number of carbonyl (C=O) groups excluding carboxylic acids is 1. The molecule has 0 spiro atoms. The molecule has 28 heavy (non-hydrogen) atoms. The maximum Gasteiger partial charge on any atom is 0.261 e. The molecule has 0 fully saturated rings. The summed E-state index contributed by atoms with van der Waals surface area (Å²) in [5.74, 6) is -0.240. The fraction of sp³-hybridized carbons (Fsp3) is 0.381. The van der Waals surface area contributed by atoms with Gasteiger partial charge in [0, 0.05) is 24.4 Å². The van der Waals surface area contributed by atoms with E-state index in [1.54, 1.807) is 12.1 Å². The average Bonchev–Trinajstić information content (AvgIpc) is 2.64. The van der Waals surface area contributed by atoms with E-state index in [0.717, 1.165) is 17.5 Å². The minimum atomic E-state index is -3.72. The van der Waals surface area contributed by atoms with Crippen molar-refractivity contribution in [2.75, 3.05) is 17.9 Å². The maximum atomic E-state index is 12.6. The molecular weight excluding hydrogens is 376 g/mol. The molecule has 6 nitrogen and oxygen atoms in total. The third-order valence-electron chi connectivity index (χ3n) is 4.24. The molecule has 2 aromatic carbocycles. The second kappa shape index (κ2) is 9.71. The summed E-state index contributed by atoms with van der Waals surface area (Å²) < 4.78 is 33.1. The first-order chi connectivity index (χ1) is 13.2. The molecular formula is C21H28N2O4S. The van der Waals surface area contributed by atoms with E-state index in [1.807, 2.05) is 33.8 Å². The monoisotopic (exact) mass is 404 g/mol. The standard InChI is InChI=1S/C21H28N2O4S/c1-15(2)27-13-5-12-22-21(24)18-7-10-20(11-8-18)28(25,26)23-19-9-6-16(3)17(4)14-19/h6-11,14-15,23H,5,12-13H2,1-4H3,(H,22,24). The molecule has 0 aromatic heterocycles. The van der Waals surface area contributed by atoms with Crippen LogP contribution in [0.4, 0.5) is 5.69 Å². The number of aryl methyl sites for hydroxylation is 2. The van der Waals surface area contributed by atoms with Crippen LogP contribution in [0.5, 0.6) is 0 Å². The molecule has 2 N–H and O–H groups in total. The van der Waals surface area contributed by atoms with E-state index in [2.05, 4.69) is 10.0 Å². The van der Waals surface area contributed by atoms with E-state index in [1.165, 1.54) is 24.3 Å². The fourth-order valence-corrected chi connectivity index (χ4v) is 3.55. The van der Waals surface area contributed by atoms with Crippen LogP contribution in [-0.2, 0) is 14.8 Å². The van der Waals surface area contributed by atoms with Gasteiger partial charge in [-0.15, -0.1) is 0 Å². The lowest BCUT2D eigenvalue weighted by atomic mass is 10.1. The van der Waals surface area contributed by atoms with Gasteiger partial charge in [-0.05, 0) is 81.6 Å². The topological polar surface area (TPSA) is 84.5 Å². The normalized spacial score (nSPS) is 11.5. The summed E-state index contributed by atoms with van der Waals surface area (Å²) in [5.41, 5.74) is 3.02. The van der Waals surface area contributed by atoms with E-state index >= 15 is 0 Å². The van der Waals surface area contributed by atoms with Gasteiger partial charge in [0.15, 0.2) is 0 Å². The van der Waals surface area contributed by atoms with Crippen LogP contribution in [0.1, 0.15) is 41.8 Å². The van der Waals surface area contributed by atoms with Crippen molar-refractivity contribution in [2.24, 2.45) is 0 Å². The Morgan fingerprint density at radius 1 is 1.04 bits per heavy atom. The maximum absolute atomic E-state index is 12.6. The molecule has 0 unspecified atom stereocenters. The van der Waals surface area contributed by atoms with Crippen LogP contribution in [0.25, 0.3) is 0 Å². The van der Waals surface area contributed by atoms with Gasteiger partial charge in [-0.25, -0.2) is 8.42 Å². The number of anilines is 1.